The first-order chi connectivity index (χ1) is 15.3. The molecule has 2 aromatic rings. The number of piperazine rings is 1. The largest absolute Gasteiger partial charge is 0.547 e. The van der Waals surface area contributed by atoms with Crippen molar-refractivity contribution < 1.29 is 34.4 Å². The standard InChI is InChI=1S/C23H27N3O6/c1-26(22-19(29)17(27)18(28)20(32-22)23(30)31)10-9-25-16(12-26)15-7-3-2-5-13(15)11-14-6-4-8-24-21(14)25/h2-8,16-20,22,27-29H,9-12H2,1H3/t16?,17-,18-,19+,20-,22+,26?/m0/s1. The summed E-state index contributed by atoms with van der Waals surface area (Å²) in [6.07, 6.45) is -5.04. The van der Waals surface area contributed by atoms with Gasteiger partial charge in [-0.3, -0.25) is 4.48 Å². The number of carbonyl (C=O) groups excluding carboxylic acids is 1. The summed E-state index contributed by atoms with van der Waals surface area (Å²) in [7, 11) is 1.88. The highest BCUT2D eigenvalue weighted by Crippen LogP contribution is 2.41. The van der Waals surface area contributed by atoms with Crippen molar-refractivity contribution >= 4 is 11.8 Å². The van der Waals surface area contributed by atoms with E-state index in [0.29, 0.717) is 19.6 Å². The number of carbonyl (C=O) groups is 1. The van der Waals surface area contributed by atoms with E-state index in [1.165, 1.54) is 5.56 Å². The maximum atomic E-state index is 11.5. The van der Waals surface area contributed by atoms with E-state index in [4.69, 9.17) is 4.74 Å². The Hall–Kier alpha value is -2.56. The lowest BCUT2D eigenvalue weighted by atomic mass is 9.92. The monoisotopic (exact) mass is 441 g/mol. The van der Waals surface area contributed by atoms with Crippen LogP contribution in [-0.4, -0.2) is 88.1 Å². The fourth-order valence-corrected chi connectivity index (χ4v) is 5.45. The summed E-state index contributed by atoms with van der Waals surface area (Å²) in [5, 5.41) is 42.7. The second kappa shape index (κ2) is 7.79. The number of carboxylic acid groups (broad SMARTS) is 1. The van der Waals surface area contributed by atoms with Gasteiger partial charge < -0.3 is 34.9 Å². The number of aromatic nitrogens is 1. The zero-order valence-corrected chi connectivity index (χ0v) is 17.7. The number of fused-ring (bicyclic) bond motifs is 5. The van der Waals surface area contributed by atoms with Gasteiger partial charge in [0.25, 0.3) is 0 Å². The van der Waals surface area contributed by atoms with Crippen molar-refractivity contribution in [2.45, 2.75) is 43.1 Å². The van der Waals surface area contributed by atoms with Crippen LogP contribution in [0.15, 0.2) is 42.6 Å². The molecule has 0 spiro atoms. The van der Waals surface area contributed by atoms with Gasteiger partial charge in [0.05, 0.1) is 26.1 Å². The molecule has 3 N–H and O–H groups in total. The Morgan fingerprint density at radius 2 is 1.88 bits per heavy atom. The molecule has 9 heteroatoms. The van der Waals surface area contributed by atoms with Gasteiger partial charge in [0.2, 0.25) is 6.23 Å². The fraction of sp³-hybridized carbons (Fsp3) is 0.478. The number of rotatable bonds is 2. The molecule has 0 amide bonds. The molecule has 0 radical (unpaired) electrons. The van der Waals surface area contributed by atoms with E-state index in [1.54, 1.807) is 6.20 Å². The van der Waals surface area contributed by atoms with Gasteiger partial charge in [-0.1, -0.05) is 30.3 Å². The predicted octanol–water partition coefficient (Wildman–Crippen LogP) is -1.45. The number of quaternary nitrogens is 1. The van der Waals surface area contributed by atoms with Crippen LogP contribution in [0.1, 0.15) is 22.7 Å². The van der Waals surface area contributed by atoms with E-state index < -0.39 is 36.6 Å². The molecule has 1 aromatic carbocycles. The summed E-state index contributed by atoms with van der Waals surface area (Å²) in [5.74, 6) is -0.690. The Morgan fingerprint density at radius 3 is 2.66 bits per heavy atom. The van der Waals surface area contributed by atoms with Crippen LogP contribution in [-0.2, 0) is 16.0 Å². The normalized spacial score (nSPS) is 36.4. The number of aliphatic hydroxyl groups is 3. The number of hydrogen-bond donors (Lipinski definition) is 3. The SMILES string of the molecule is C[N+]1([C@@H]2O[C@H](C(=O)[O-])[C@@H](O)[C@H](O)[C@H]2O)CCN2c3ncccc3Cc3ccccc3C2C1. The van der Waals surface area contributed by atoms with E-state index in [-0.39, 0.29) is 10.5 Å². The molecule has 0 saturated carbocycles. The quantitative estimate of drug-likeness (QED) is 0.484. The molecule has 3 aliphatic heterocycles. The molecule has 2 saturated heterocycles. The zero-order valence-electron chi connectivity index (χ0n) is 17.7. The van der Waals surface area contributed by atoms with Gasteiger partial charge in [0.15, 0.2) is 6.10 Å². The van der Waals surface area contributed by atoms with Crippen LogP contribution in [0.3, 0.4) is 0 Å². The molecule has 2 unspecified atom stereocenters. The highest BCUT2D eigenvalue weighted by molar-refractivity contribution is 5.71. The Kier molecular flexibility index (Phi) is 5.18. The van der Waals surface area contributed by atoms with Gasteiger partial charge in [0, 0.05) is 12.6 Å². The molecule has 170 valence electrons. The number of aliphatic carboxylic acids is 1. The Labute approximate surface area is 185 Å². The van der Waals surface area contributed by atoms with Gasteiger partial charge in [-0.2, -0.15) is 0 Å². The summed E-state index contributed by atoms with van der Waals surface area (Å²) in [4.78, 5) is 18.4. The van der Waals surface area contributed by atoms with Gasteiger partial charge in [-0.05, 0) is 22.8 Å². The molecule has 2 fully saturated rings. The first-order valence-electron chi connectivity index (χ1n) is 10.8. The average Bonchev–Trinajstić information content (AvgIpc) is 2.91. The van der Waals surface area contributed by atoms with Gasteiger partial charge in [-0.25, -0.2) is 4.98 Å². The van der Waals surface area contributed by atoms with Crippen LogP contribution in [0.4, 0.5) is 5.82 Å². The van der Waals surface area contributed by atoms with Gasteiger partial charge >= 0.3 is 0 Å². The number of carboxylic acids is 1. The predicted molar refractivity (Wildman–Crippen MR) is 111 cm³/mol. The first kappa shape index (κ1) is 21.3. The van der Waals surface area contributed by atoms with Crippen LogP contribution in [0.5, 0.6) is 0 Å². The summed E-state index contributed by atoms with van der Waals surface area (Å²) in [6.45, 7) is 1.62. The summed E-state index contributed by atoms with van der Waals surface area (Å²) < 4.78 is 5.84. The molecular weight excluding hydrogens is 414 g/mol. The van der Waals surface area contributed by atoms with Crippen molar-refractivity contribution in [3.63, 3.8) is 0 Å². The lowest BCUT2D eigenvalue weighted by Crippen LogP contribution is -2.73. The lowest BCUT2D eigenvalue weighted by molar-refractivity contribution is -0.964. The number of aliphatic hydroxyl groups excluding tert-OH is 3. The molecule has 3 aliphatic rings. The van der Waals surface area contributed by atoms with Crippen LogP contribution in [0.25, 0.3) is 0 Å². The van der Waals surface area contributed by atoms with E-state index in [2.05, 4.69) is 28.1 Å². The highest BCUT2D eigenvalue weighted by Gasteiger charge is 2.54. The van der Waals surface area contributed by atoms with E-state index >= 15 is 0 Å². The topological polar surface area (TPSA) is 126 Å². The third-order valence-corrected chi connectivity index (χ3v) is 7.19. The molecule has 5 rings (SSSR count). The maximum Gasteiger partial charge on any atom is 0.223 e. The average molecular weight is 441 g/mol. The van der Waals surface area contributed by atoms with Crippen molar-refractivity contribution in [2.75, 3.05) is 31.6 Å². The van der Waals surface area contributed by atoms with Crippen molar-refractivity contribution in [1.82, 2.24) is 4.98 Å². The van der Waals surface area contributed by atoms with Crippen LogP contribution >= 0.6 is 0 Å². The van der Waals surface area contributed by atoms with Gasteiger partial charge in [0.1, 0.15) is 36.7 Å². The van der Waals surface area contributed by atoms with Crippen molar-refractivity contribution in [1.29, 1.82) is 0 Å². The number of likely N-dealkylation sites (N-methyl/N-ethyl adjacent to an activating group) is 1. The molecule has 32 heavy (non-hydrogen) atoms. The number of pyridine rings is 1. The second-order valence-electron chi connectivity index (χ2n) is 9.19. The molecule has 0 aliphatic carbocycles. The molecule has 4 heterocycles. The van der Waals surface area contributed by atoms with Crippen LogP contribution in [0, 0.1) is 0 Å². The van der Waals surface area contributed by atoms with E-state index in [9.17, 15) is 25.2 Å². The number of ether oxygens (including phenoxy) is 1. The van der Waals surface area contributed by atoms with Crippen LogP contribution in [0.2, 0.25) is 0 Å². The summed E-state index contributed by atoms with van der Waals surface area (Å²) >= 11 is 0. The highest BCUT2D eigenvalue weighted by atomic mass is 16.6. The Balaban J connectivity index is 1.53. The summed E-state index contributed by atoms with van der Waals surface area (Å²) in [6, 6.07) is 12.1. The van der Waals surface area contributed by atoms with Crippen molar-refractivity contribution in [3.8, 4) is 0 Å². The molecule has 7 atom stereocenters. The molecular formula is C23H27N3O6. The Bertz CT molecular complexity index is 1030. The van der Waals surface area contributed by atoms with Crippen molar-refractivity contribution in [3.05, 3.63) is 59.3 Å². The van der Waals surface area contributed by atoms with Gasteiger partial charge in [-0.15, -0.1) is 0 Å². The number of nitrogens with zero attached hydrogens (tertiary/aromatic N) is 3. The van der Waals surface area contributed by atoms with E-state index in [0.717, 1.165) is 23.4 Å². The minimum atomic E-state index is -1.76. The first-order valence-corrected chi connectivity index (χ1v) is 10.8. The Morgan fingerprint density at radius 1 is 1.12 bits per heavy atom. The zero-order chi connectivity index (χ0) is 22.6. The van der Waals surface area contributed by atoms with Crippen LogP contribution < -0.4 is 10.0 Å². The van der Waals surface area contributed by atoms with Crippen molar-refractivity contribution in [2.24, 2.45) is 0 Å². The minimum absolute atomic E-state index is 0.0812. The fourth-order valence-electron chi connectivity index (χ4n) is 5.45. The number of hydrogen-bond acceptors (Lipinski definition) is 8. The number of anilines is 1. The smallest absolute Gasteiger partial charge is 0.223 e. The third kappa shape index (κ3) is 3.28. The second-order valence-corrected chi connectivity index (χ2v) is 9.19. The lowest BCUT2D eigenvalue weighted by Gasteiger charge is -2.54. The summed E-state index contributed by atoms with van der Waals surface area (Å²) in [5.41, 5.74) is 3.48. The number of benzene rings is 1. The van der Waals surface area contributed by atoms with E-state index in [1.807, 2.05) is 25.2 Å². The molecule has 1 aromatic heterocycles. The third-order valence-electron chi connectivity index (χ3n) is 7.19. The molecule has 9 nitrogen and oxygen atoms in total. The maximum absolute atomic E-state index is 11.5. The molecule has 0 bridgehead atoms. The minimum Gasteiger partial charge on any atom is -0.547 e.